The number of morpholine rings is 1. The van der Waals surface area contributed by atoms with Crippen molar-refractivity contribution in [3.05, 3.63) is 77.5 Å². The van der Waals surface area contributed by atoms with Gasteiger partial charge in [-0.05, 0) is 43.7 Å². The van der Waals surface area contributed by atoms with Crippen LogP contribution < -0.4 is 5.32 Å². The quantitative estimate of drug-likeness (QED) is 0.725. The predicted octanol–water partition coefficient (Wildman–Crippen LogP) is 3.41. The summed E-state index contributed by atoms with van der Waals surface area (Å²) in [6, 6.07) is 18.7. The van der Waals surface area contributed by atoms with Gasteiger partial charge < -0.3 is 15.0 Å². The third kappa shape index (κ3) is 4.49. The number of hydrogen-bond acceptors (Lipinski definition) is 4. The normalized spacial score (nSPS) is 18.9. The standard InChI is InChI=1S/C24H25N3O3/c1-16-14-27(15-17(2)30-16)24(29)20-9-7-18(8-10-20)13-25-23(28)22-12-11-19-5-3-4-6-21(19)26-22/h3-12,16-17H,13-15H2,1-2H3,(H,25,28). The van der Waals surface area contributed by atoms with Crippen molar-refractivity contribution in [1.82, 2.24) is 15.2 Å². The Bertz CT molecular complexity index is 1050. The first-order chi connectivity index (χ1) is 14.5. The maximum Gasteiger partial charge on any atom is 0.270 e. The van der Waals surface area contributed by atoms with Gasteiger partial charge in [-0.25, -0.2) is 4.98 Å². The van der Waals surface area contributed by atoms with Crippen LogP contribution in [0.5, 0.6) is 0 Å². The van der Waals surface area contributed by atoms with Crippen LogP contribution in [-0.4, -0.2) is 47.0 Å². The van der Waals surface area contributed by atoms with Crippen molar-refractivity contribution in [2.24, 2.45) is 0 Å². The molecule has 2 atom stereocenters. The van der Waals surface area contributed by atoms with Crippen molar-refractivity contribution in [3.63, 3.8) is 0 Å². The van der Waals surface area contributed by atoms with Gasteiger partial charge in [0.15, 0.2) is 0 Å². The van der Waals surface area contributed by atoms with Crippen LogP contribution in [0.25, 0.3) is 10.9 Å². The Balaban J connectivity index is 1.37. The Morgan fingerprint density at radius 1 is 1.00 bits per heavy atom. The summed E-state index contributed by atoms with van der Waals surface area (Å²) in [5.74, 6) is -0.217. The molecule has 1 aromatic heterocycles. The molecule has 0 saturated carbocycles. The van der Waals surface area contributed by atoms with E-state index in [1.165, 1.54) is 0 Å². The minimum absolute atomic E-state index is 0.00736. The highest BCUT2D eigenvalue weighted by Crippen LogP contribution is 2.15. The van der Waals surface area contributed by atoms with Crippen LogP contribution in [0.1, 0.15) is 40.3 Å². The number of hydrogen-bond donors (Lipinski definition) is 1. The second-order valence-electron chi connectivity index (χ2n) is 7.74. The molecule has 154 valence electrons. The summed E-state index contributed by atoms with van der Waals surface area (Å²) in [6.07, 6.45) is 0.0757. The Morgan fingerprint density at radius 3 is 2.43 bits per heavy atom. The van der Waals surface area contributed by atoms with Gasteiger partial charge in [0.1, 0.15) is 5.69 Å². The molecule has 6 heteroatoms. The molecule has 1 N–H and O–H groups in total. The molecule has 4 rings (SSSR count). The lowest BCUT2D eigenvalue weighted by Gasteiger charge is -2.35. The lowest BCUT2D eigenvalue weighted by atomic mass is 10.1. The van der Waals surface area contributed by atoms with Gasteiger partial charge in [0.25, 0.3) is 11.8 Å². The van der Waals surface area contributed by atoms with Crippen LogP contribution >= 0.6 is 0 Å². The fourth-order valence-electron chi connectivity index (χ4n) is 3.76. The van der Waals surface area contributed by atoms with Crippen LogP contribution in [0.4, 0.5) is 0 Å². The molecule has 1 aliphatic heterocycles. The smallest absolute Gasteiger partial charge is 0.270 e. The molecule has 2 heterocycles. The number of benzene rings is 2. The Morgan fingerprint density at radius 2 is 1.70 bits per heavy atom. The number of nitrogens with zero attached hydrogens (tertiary/aromatic N) is 2. The van der Waals surface area contributed by atoms with Gasteiger partial charge in [0.05, 0.1) is 17.7 Å². The number of nitrogens with one attached hydrogen (secondary N) is 1. The van der Waals surface area contributed by atoms with E-state index in [4.69, 9.17) is 4.74 Å². The van der Waals surface area contributed by atoms with Crippen molar-refractivity contribution in [2.45, 2.75) is 32.6 Å². The van der Waals surface area contributed by atoms with Crippen molar-refractivity contribution in [1.29, 1.82) is 0 Å². The average molecular weight is 403 g/mol. The fourth-order valence-corrected chi connectivity index (χ4v) is 3.76. The van der Waals surface area contributed by atoms with E-state index in [1.54, 1.807) is 6.07 Å². The first-order valence-corrected chi connectivity index (χ1v) is 10.2. The van der Waals surface area contributed by atoms with E-state index < -0.39 is 0 Å². The van der Waals surface area contributed by atoms with Crippen LogP contribution in [0, 0.1) is 0 Å². The maximum absolute atomic E-state index is 12.8. The number of rotatable bonds is 4. The number of fused-ring (bicyclic) bond motifs is 1. The molecule has 30 heavy (non-hydrogen) atoms. The minimum atomic E-state index is -0.225. The first kappa shape index (κ1) is 20.0. The van der Waals surface area contributed by atoms with E-state index >= 15 is 0 Å². The summed E-state index contributed by atoms with van der Waals surface area (Å²) < 4.78 is 5.70. The lowest BCUT2D eigenvalue weighted by Crippen LogP contribution is -2.48. The monoisotopic (exact) mass is 403 g/mol. The molecule has 2 aromatic carbocycles. The van der Waals surface area contributed by atoms with Crippen LogP contribution in [0.2, 0.25) is 0 Å². The highest BCUT2D eigenvalue weighted by Gasteiger charge is 2.26. The zero-order chi connectivity index (χ0) is 21.1. The predicted molar refractivity (Wildman–Crippen MR) is 115 cm³/mol. The zero-order valence-corrected chi connectivity index (χ0v) is 17.2. The summed E-state index contributed by atoms with van der Waals surface area (Å²) in [7, 11) is 0. The van der Waals surface area contributed by atoms with Gasteiger partial charge in [0, 0.05) is 30.6 Å². The molecule has 2 unspecified atom stereocenters. The van der Waals surface area contributed by atoms with Gasteiger partial charge >= 0.3 is 0 Å². The Kier molecular flexibility index (Phi) is 5.77. The third-order valence-corrected chi connectivity index (χ3v) is 5.19. The SMILES string of the molecule is CC1CN(C(=O)c2ccc(CNC(=O)c3ccc4ccccc4n3)cc2)CC(C)O1. The molecule has 0 aliphatic carbocycles. The number of carbonyl (C=O) groups is 2. The summed E-state index contributed by atoms with van der Waals surface area (Å²) in [5, 5.41) is 3.89. The van der Waals surface area contributed by atoms with Crippen LogP contribution in [-0.2, 0) is 11.3 Å². The largest absolute Gasteiger partial charge is 0.372 e. The van der Waals surface area contributed by atoms with E-state index in [0.29, 0.717) is 30.9 Å². The Labute approximate surface area is 175 Å². The highest BCUT2D eigenvalue weighted by molar-refractivity contribution is 5.95. The second-order valence-corrected chi connectivity index (χ2v) is 7.74. The van der Waals surface area contributed by atoms with Crippen molar-refractivity contribution < 1.29 is 14.3 Å². The van der Waals surface area contributed by atoms with Gasteiger partial charge in [-0.1, -0.05) is 36.4 Å². The first-order valence-electron chi connectivity index (χ1n) is 10.2. The van der Waals surface area contributed by atoms with Crippen LogP contribution in [0.3, 0.4) is 0 Å². The molecule has 6 nitrogen and oxygen atoms in total. The number of carbonyl (C=O) groups excluding carboxylic acids is 2. The van der Waals surface area contributed by atoms with Crippen molar-refractivity contribution >= 4 is 22.7 Å². The number of para-hydroxylation sites is 1. The summed E-state index contributed by atoms with van der Waals surface area (Å²) in [5.41, 5.74) is 2.74. The van der Waals surface area contributed by atoms with E-state index in [-0.39, 0.29) is 24.0 Å². The number of aromatic nitrogens is 1. The number of ether oxygens (including phenoxy) is 1. The molecule has 0 bridgehead atoms. The molecular weight excluding hydrogens is 378 g/mol. The maximum atomic E-state index is 12.8. The fraction of sp³-hybridized carbons (Fsp3) is 0.292. The van der Waals surface area contributed by atoms with E-state index in [2.05, 4.69) is 10.3 Å². The van der Waals surface area contributed by atoms with Crippen molar-refractivity contribution in [3.8, 4) is 0 Å². The van der Waals surface area contributed by atoms with E-state index in [1.807, 2.05) is 73.3 Å². The van der Waals surface area contributed by atoms with Gasteiger partial charge in [0.2, 0.25) is 0 Å². The zero-order valence-electron chi connectivity index (χ0n) is 17.2. The third-order valence-electron chi connectivity index (χ3n) is 5.19. The average Bonchev–Trinajstić information content (AvgIpc) is 2.76. The number of pyridine rings is 1. The molecule has 1 saturated heterocycles. The van der Waals surface area contributed by atoms with Gasteiger partial charge in [-0.15, -0.1) is 0 Å². The molecular formula is C24H25N3O3. The molecule has 0 radical (unpaired) electrons. The van der Waals surface area contributed by atoms with E-state index in [0.717, 1.165) is 16.5 Å². The Hall–Kier alpha value is -3.25. The van der Waals surface area contributed by atoms with Gasteiger partial charge in [-0.3, -0.25) is 9.59 Å². The lowest BCUT2D eigenvalue weighted by molar-refractivity contribution is -0.0586. The topological polar surface area (TPSA) is 71.5 Å². The molecule has 1 fully saturated rings. The summed E-state index contributed by atoms with van der Waals surface area (Å²) >= 11 is 0. The molecule has 2 amide bonds. The summed E-state index contributed by atoms with van der Waals surface area (Å²) in [6.45, 7) is 5.52. The van der Waals surface area contributed by atoms with E-state index in [9.17, 15) is 9.59 Å². The molecule has 1 aliphatic rings. The molecule has 0 spiro atoms. The highest BCUT2D eigenvalue weighted by atomic mass is 16.5. The van der Waals surface area contributed by atoms with Crippen LogP contribution in [0.15, 0.2) is 60.7 Å². The summed E-state index contributed by atoms with van der Waals surface area (Å²) in [4.78, 5) is 31.5. The van der Waals surface area contributed by atoms with Gasteiger partial charge in [-0.2, -0.15) is 0 Å². The van der Waals surface area contributed by atoms with Crippen molar-refractivity contribution in [2.75, 3.05) is 13.1 Å². The second kappa shape index (κ2) is 8.63. The number of amides is 2. The minimum Gasteiger partial charge on any atom is -0.372 e. The molecule has 3 aromatic rings.